The van der Waals surface area contributed by atoms with Gasteiger partial charge in [-0.25, -0.2) is 4.79 Å². The summed E-state index contributed by atoms with van der Waals surface area (Å²) in [6.45, 7) is 6.11. The lowest BCUT2D eigenvalue weighted by Crippen LogP contribution is -2.47. The van der Waals surface area contributed by atoms with Gasteiger partial charge in [0, 0.05) is 26.1 Å². The van der Waals surface area contributed by atoms with Crippen LogP contribution in [0, 0.1) is 0 Å². The molecule has 0 radical (unpaired) electrons. The van der Waals surface area contributed by atoms with Crippen LogP contribution in [0.2, 0.25) is 0 Å². The summed E-state index contributed by atoms with van der Waals surface area (Å²) < 4.78 is 0. The summed E-state index contributed by atoms with van der Waals surface area (Å²) >= 11 is 0. The Labute approximate surface area is 144 Å². The summed E-state index contributed by atoms with van der Waals surface area (Å²) in [6.07, 6.45) is 4.68. The van der Waals surface area contributed by atoms with Crippen molar-refractivity contribution < 1.29 is 9.59 Å². The number of urea groups is 1. The van der Waals surface area contributed by atoms with E-state index in [4.69, 9.17) is 0 Å². The predicted octanol–water partition coefficient (Wildman–Crippen LogP) is 3.01. The molecule has 1 aromatic rings. The molecule has 0 saturated carbocycles. The highest BCUT2D eigenvalue weighted by atomic mass is 16.2. The van der Waals surface area contributed by atoms with E-state index in [9.17, 15) is 9.59 Å². The number of amides is 3. The quantitative estimate of drug-likeness (QED) is 0.787. The lowest BCUT2D eigenvalue weighted by Gasteiger charge is -2.27. The highest BCUT2D eigenvalue weighted by Crippen LogP contribution is 2.19. The maximum Gasteiger partial charge on any atom is 0.315 e. The summed E-state index contributed by atoms with van der Waals surface area (Å²) in [7, 11) is 0. The predicted molar refractivity (Wildman–Crippen MR) is 95.7 cm³/mol. The van der Waals surface area contributed by atoms with Crippen molar-refractivity contribution in [1.82, 2.24) is 15.5 Å². The summed E-state index contributed by atoms with van der Waals surface area (Å²) in [4.78, 5) is 25.9. The largest absolute Gasteiger partial charge is 0.343 e. The third-order valence-corrected chi connectivity index (χ3v) is 4.48. The Morgan fingerprint density at radius 3 is 2.67 bits per heavy atom. The lowest BCUT2D eigenvalue weighted by atomic mass is 9.95. The molecule has 1 aliphatic heterocycles. The SMILES string of the molecule is CC(C)(NC(=O)NCCCN1CCCCCC1=O)c1ccccc1. The normalized spacial score (nSPS) is 15.8. The first kappa shape index (κ1) is 18.3. The van der Waals surface area contributed by atoms with Gasteiger partial charge in [0.05, 0.1) is 5.54 Å². The molecular weight excluding hydrogens is 302 g/mol. The minimum Gasteiger partial charge on any atom is -0.343 e. The molecule has 24 heavy (non-hydrogen) atoms. The molecule has 1 saturated heterocycles. The fraction of sp³-hybridized carbons (Fsp3) is 0.579. The topological polar surface area (TPSA) is 61.4 Å². The van der Waals surface area contributed by atoms with E-state index in [2.05, 4.69) is 10.6 Å². The van der Waals surface area contributed by atoms with Gasteiger partial charge in [-0.05, 0) is 38.7 Å². The second-order valence-corrected chi connectivity index (χ2v) is 6.92. The number of nitrogens with one attached hydrogen (secondary N) is 2. The molecular formula is C19H29N3O2. The highest BCUT2D eigenvalue weighted by molar-refractivity contribution is 5.76. The molecule has 5 heteroatoms. The van der Waals surface area contributed by atoms with Gasteiger partial charge < -0.3 is 15.5 Å². The molecule has 2 N–H and O–H groups in total. The standard InChI is InChI=1S/C19H29N3O2/c1-19(2,16-10-5-3-6-11-16)21-18(24)20-13-9-15-22-14-8-4-7-12-17(22)23/h3,5-6,10-11H,4,7-9,12-15H2,1-2H3,(H2,20,21,24). The first-order valence-electron chi connectivity index (χ1n) is 8.88. The van der Waals surface area contributed by atoms with Crippen LogP contribution in [0.1, 0.15) is 51.5 Å². The average Bonchev–Trinajstić information content (AvgIpc) is 2.76. The van der Waals surface area contributed by atoms with Gasteiger partial charge in [-0.2, -0.15) is 0 Å². The van der Waals surface area contributed by atoms with Crippen LogP contribution in [-0.2, 0) is 10.3 Å². The van der Waals surface area contributed by atoms with Crippen LogP contribution >= 0.6 is 0 Å². The van der Waals surface area contributed by atoms with Gasteiger partial charge in [-0.15, -0.1) is 0 Å². The summed E-state index contributed by atoms with van der Waals surface area (Å²) in [5.74, 6) is 0.252. The monoisotopic (exact) mass is 331 g/mol. The van der Waals surface area contributed by atoms with Crippen LogP contribution < -0.4 is 10.6 Å². The van der Waals surface area contributed by atoms with Crippen LogP contribution in [0.15, 0.2) is 30.3 Å². The third kappa shape index (κ3) is 5.55. The second kappa shape index (κ2) is 8.71. The molecule has 0 bridgehead atoms. The molecule has 5 nitrogen and oxygen atoms in total. The Kier molecular flexibility index (Phi) is 6.64. The van der Waals surface area contributed by atoms with Crippen molar-refractivity contribution in [2.45, 2.75) is 51.5 Å². The highest BCUT2D eigenvalue weighted by Gasteiger charge is 2.22. The molecule has 1 fully saturated rings. The molecule has 132 valence electrons. The molecule has 0 aliphatic carbocycles. The number of carbonyl (C=O) groups excluding carboxylic acids is 2. The van der Waals surface area contributed by atoms with E-state index in [0.29, 0.717) is 13.0 Å². The zero-order valence-electron chi connectivity index (χ0n) is 14.8. The Bertz CT molecular complexity index is 543. The Morgan fingerprint density at radius 1 is 1.17 bits per heavy atom. The van der Waals surface area contributed by atoms with Gasteiger partial charge in [0.1, 0.15) is 0 Å². The number of carbonyl (C=O) groups is 2. The number of rotatable bonds is 6. The van der Waals surface area contributed by atoms with Crippen molar-refractivity contribution in [3.8, 4) is 0 Å². The van der Waals surface area contributed by atoms with Crippen molar-refractivity contribution in [1.29, 1.82) is 0 Å². The van der Waals surface area contributed by atoms with E-state index in [1.54, 1.807) is 0 Å². The summed E-state index contributed by atoms with van der Waals surface area (Å²) in [5, 5.41) is 5.89. The Balaban J connectivity index is 1.70. The van der Waals surface area contributed by atoms with Gasteiger partial charge in [-0.3, -0.25) is 4.79 Å². The van der Waals surface area contributed by atoms with Gasteiger partial charge in [0.25, 0.3) is 0 Å². The number of hydrogen-bond donors (Lipinski definition) is 2. The molecule has 0 aromatic heterocycles. The number of hydrogen-bond acceptors (Lipinski definition) is 2. The van der Waals surface area contributed by atoms with Crippen LogP contribution in [0.3, 0.4) is 0 Å². The van der Waals surface area contributed by atoms with Crippen LogP contribution in [0.5, 0.6) is 0 Å². The fourth-order valence-corrected chi connectivity index (χ4v) is 3.00. The molecule has 3 amide bonds. The van der Waals surface area contributed by atoms with Crippen LogP contribution in [-0.4, -0.2) is 36.5 Å². The molecule has 0 atom stereocenters. The van der Waals surface area contributed by atoms with E-state index in [1.807, 2.05) is 49.1 Å². The van der Waals surface area contributed by atoms with E-state index in [-0.39, 0.29) is 11.9 Å². The second-order valence-electron chi connectivity index (χ2n) is 6.92. The van der Waals surface area contributed by atoms with Gasteiger partial charge in [0.2, 0.25) is 5.91 Å². The number of likely N-dealkylation sites (tertiary alicyclic amines) is 1. The summed E-state index contributed by atoms with van der Waals surface area (Å²) in [6, 6.07) is 9.73. The van der Waals surface area contributed by atoms with Crippen LogP contribution in [0.4, 0.5) is 4.79 Å². The molecule has 1 aliphatic rings. The van der Waals surface area contributed by atoms with Gasteiger partial charge in [0.15, 0.2) is 0 Å². The van der Waals surface area contributed by atoms with E-state index >= 15 is 0 Å². The minimum atomic E-state index is -0.425. The van der Waals surface area contributed by atoms with E-state index in [1.165, 1.54) is 0 Å². The first-order valence-corrected chi connectivity index (χ1v) is 8.88. The lowest BCUT2D eigenvalue weighted by molar-refractivity contribution is -0.130. The van der Waals surface area contributed by atoms with Crippen molar-refractivity contribution >= 4 is 11.9 Å². The molecule has 0 unspecified atom stereocenters. The van der Waals surface area contributed by atoms with Crippen molar-refractivity contribution in [3.05, 3.63) is 35.9 Å². The molecule has 0 spiro atoms. The summed E-state index contributed by atoms with van der Waals surface area (Å²) in [5.41, 5.74) is 0.641. The fourth-order valence-electron chi connectivity index (χ4n) is 3.00. The zero-order valence-corrected chi connectivity index (χ0v) is 14.8. The average molecular weight is 331 g/mol. The van der Waals surface area contributed by atoms with E-state index < -0.39 is 5.54 Å². The van der Waals surface area contributed by atoms with Crippen molar-refractivity contribution in [2.75, 3.05) is 19.6 Å². The van der Waals surface area contributed by atoms with Crippen molar-refractivity contribution in [2.24, 2.45) is 0 Å². The Hall–Kier alpha value is -2.04. The minimum absolute atomic E-state index is 0.175. The molecule has 1 heterocycles. The van der Waals surface area contributed by atoms with Gasteiger partial charge in [-0.1, -0.05) is 36.8 Å². The van der Waals surface area contributed by atoms with Crippen LogP contribution in [0.25, 0.3) is 0 Å². The smallest absolute Gasteiger partial charge is 0.315 e. The number of benzene rings is 1. The first-order chi connectivity index (χ1) is 11.5. The maximum absolute atomic E-state index is 12.1. The zero-order chi connectivity index (χ0) is 17.4. The Morgan fingerprint density at radius 2 is 1.92 bits per heavy atom. The third-order valence-electron chi connectivity index (χ3n) is 4.48. The molecule has 2 rings (SSSR count). The molecule has 1 aromatic carbocycles. The van der Waals surface area contributed by atoms with Crippen molar-refractivity contribution in [3.63, 3.8) is 0 Å². The van der Waals surface area contributed by atoms with Gasteiger partial charge >= 0.3 is 6.03 Å². The number of nitrogens with zero attached hydrogens (tertiary/aromatic N) is 1. The maximum atomic E-state index is 12.1. The van der Waals surface area contributed by atoms with E-state index in [0.717, 1.165) is 44.3 Å².